The summed E-state index contributed by atoms with van der Waals surface area (Å²) in [6.07, 6.45) is 0. The maximum atomic E-state index is 12.9. The first-order valence-electron chi connectivity index (χ1n) is 7.55. The second-order valence-electron chi connectivity index (χ2n) is 5.89. The fraction of sp³-hybridized carbons (Fsp3) is 0.188. The molecule has 1 fully saturated rings. The highest BCUT2D eigenvalue weighted by Gasteiger charge is 2.41. The number of carbonyl (C=O) groups is 1. The predicted octanol–water partition coefficient (Wildman–Crippen LogP) is 1.94. The van der Waals surface area contributed by atoms with Crippen LogP contribution < -0.4 is 9.03 Å². The summed E-state index contributed by atoms with van der Waals surface area (Å²) in [4.78, 5) is 11.9. The van der Waals surface area contributed by atoms with Gasteiger partial charge in [-0.05, 0) is 48.5 Å². The third-order valence-corrected chi connectivity index (χ3v) is 7.10. The number of rotatable bonds is 4. The van der Waals surface area contributed by atoms with E-state index < -0.39 is 37.7 Å². The molecule has 2 aromatic carbocycles. The Kier molecular flexibility index (Phi) is 4.49. The number of benzene rings is 2. The number of anilines is 2. The van der Waals surface area contributed by atoms with Crippen LogP contribution in [0.2, 0.25) is 0 Å². The maximum absolute atomic E-state index is 12.9. The van der Waals surface area contributed by atoms with Gasteiger partial charge in [-0.2, -0.15) is 0 Å². The number of halogens is 1. The molecule has 10 heteroatoms. The highest BCUT2D eigenvalue weighted by atomic mass is 32.2. The third kappa shape index (κ3) is 3.42. The molecule has 0 bridgehead atoms. The van der Waals surface area contributed by atoms with Crippen molar-refractivity contribution in [2.45, 2.75) is 11.8 Å². The molecular weight excluding hydrogens is 383 g/mol. The van der Waals surface area contributed by atoms with Gasteiger partial charge in [0.25, 0.3) is 10.0 Å². The fourth-order valence-electron chi connectivity index (χ4n) is 2.58. The van der Waals surface area contributed by atoms with Crippen molar-refractivity contribution in [1.29, 1.82) is 0 Å². The van der Waals surface area contributed by atoms with Crippen molar-refractivity contribution >= 4 is 37.3 Å². The summed E-state index contributed by atoms with van der Waals surface area (Å²) in [5.41, 5.74) is 0.265. The molecule has 0 saturated carbocycles. The van der Waals surface area contributed by atoms with Gasteiger partial charge in [0.2, 0.25) is 15.9 Å². The van der Waals surface area contributed by atoms with E-state index in [1.54, 1.807) is 0 Å². The van der Waals surface area contributed by atoms with Crippen molar-refractivity contribution in [3.8, 4) is 0 Å². The van der Waals surface area contributed by atoms with Crippen molar-refractivity contribution in [2.24, 2.45) is 5.92 Å². The second kappa shape index (κ2) is 6.36. The van der Waals surface area contributed by atoms with Gasteiger partial charge in [0.1, 0.15) is 5.82 Å². The molecule has 7 nitrogen and oxygen atoms in total. The first-order valence-corrected chi connectivity index (χ1v) is 10.6. The third-order valence-electron chi connectivity index (χ3n) is 3.84. The lowest BCUT2D eigenvalue weighted by atomic mass is 10.2. The molecule has 3 rings (SSSR count). The van der Waals surface area contributed by atoms with Crippen LogP contribution in [0.3, 0.4) is 0 Å². The molecule has 26 heavy (non-hydrogen) atoms. The van der Waals surface area contributed by atoms with Crippen LogP contribution in [0.15, 0.2) is 53.4 Å². The molecule has 0 spiro atoms. The number of nitrogens with zero attached hydrogens (tertiary/aromatic N) is 1. The Labute approximate surface area is 150 Å². The van der Waals surface area contributed by atoms with Gasteiger partial charge in [0, 0.05) is 5.69 Å². The minimum atomic E-state index is -3.94. The predicted molar refractivity (Wildman–Crippen MR) is 94.1 cm³/mol. The molecule has 1 amide bonds. The molecule has 0 aliphatic carbocycles. The lowest BCUT2D eigenvalue weighted by molar-refractivity contribution is -0.119. The maximum Gasteiger partial charge on any atom is 0.261 e. The van der Waals surface area contributed by atoms with E-state index in [0.717, 1.165) is 12.1 Å². The average molecular weight is 398 g/mol. The van der Waals surface area contributed by atoms with Crippen LogP contribution in [0.1, 0.15) is 6.92 Å². The van der Waals surface area contributed by atoms with E-state index in [0.29, 0.717) is 4.31 Å². The van der Waals surface area contributed by atoms with E-state index in [1.165, 1.54) is 43.3 Å². The fourth-order valence-corrected chi connectivity index (χ4v) is 5.46. The molecule has 0 aromatic heterocycles. The van der Waals surface area contributed by atoms with Crippen molar-refractivity contribution in [2.75, 3.05) is 14.8 Å². The Hall–Kier alpha value is -2.46. The summed E-state index contributed by atoms with van der Waals surface area (Å²) >= 11 is 0. The van der Waals surface area contributed by atoms with E-state index >= 15 is 0 Å². The number of amides is 1. The van der Waals surface area contributed by atoms with E-state index in [2.05, 4.69) is 4.72 Å². The second-order valence-corrected chi connectivity index (χ2v) is 9.43. The Morgan fingerprint density at radius 2 is 1.65 bits per heavy atom. The summed E-state index contributed by atoms with van der Waals surface area (Å²) in [6, 6.07) is 9.70. The summed E-state index contributed by atoms with van der Waals surface area (Å²) in [7, 11) is -7.70. The Bertz CT molecular complexity index is 1050. The molecule has 138 valence electrons. The van der Waals surface area contributed by atoms with Gasteiger partial charge in [-0.1, -0.05) is 6.92 Å². The monoisotopic (exact) mass is 398 g/mol. The smallest absolute Gasteiger partial charge is 0.261 e. The quantitative estimate of drug-likeness (QED) is 0.848. The van der Waals surface area contributed by atoms with Crippen molar-refractivity contribution in [3.63, 3.8) is 0 Å². The van der Waals surface area contributed by atoms with Gasteiger partial charge >= 0.3 is 0 Å². The number of hydrogen-bond acceptors (Lipinski definition) is 5. The van der Waals surface area contributed by atoms with Crippen molar-refractivity contribution in [1.82, 2.24) is 0 Å². The Balaban J connectivity index is 1.87. The molecule has 1 N–H and O–H groups in total. The summed E-state index contributed by atoms with van der Waals surface area (Å²) < 4.78 is 64.8. The highest BCUT2D eigenvalue weighted by Crippen LogP contribution is 2.29. The Morgan fingerprint density at radius 3 is 2.15 bits per heavy atom. The largest absolute Gasteiger partial charge is 0.280 e. The molecule has 2 aromatic rings. The van der Waals surface area contributed by atoms with Gasteiger partial charge in [0.05, 0.1) is 22.3 Å². The minimum absolute atomic E-state index is 0.0834. The van der Waals surface area contributed by atoms with E-state index in [-0.39, 0.29) is 22.0 Å². The van der Waals surface area contributed by atoms with E-state index in [4.69, 9.17) is 0 Å². The van der Waals surface area contributed by atoms with Gasteiger partial charge in [-0.15, -0.1) is 0 Å². The number of sulfonamides is 2. The summed E-state index contributed by atoms with van der Waals surface area (Å²) in [6.45, 7) is 1.52. The zero-order valence-corrected chi connectivity index (χ0v) is 15.2. The minimum Gasteiger partial charge on any atom is -0.280 e. The van der Waals surface area contributed by atoms with Crippen LogP contribution in [0.4, 0.5) is 15.8 Å². The highest BCUT2D eigenvalue weighted by molar-refractivity contribution is 7.94. The Morgan fingerprint density at radius 1 is 1.08 bits per heavy atom. The first-order chi connectivity index (χ1) is 12.1. The van der Waals surface area contributed by atoms with Crippen LogP contribution in [-0.2, 0) is 24.8 Å². The van der Waals surface area contributed by atoms with Crippen LogP contribution >= 0.6 is 0 Å². The van der Waals surface area contributed by atoms with Crippen LogP contribution in [0, 0.1) is 11.7 Å². The SMILES string of the molecule is C[C@@H]1CS(=O)(=O)N(c2ccc(S(=O)(=O)Nc3ccc(F)cc3)cc2)C1=O. The van der Waals surface area contributed by atoms with Gasteiger partial charge in [-0.25, -0.2) is 25.5 Å². The first kappa shape index (κ1) is 18.3. The van der Waals surface area contributed by atoms with E-state index in [1.807, 2.05) is 0 Å². The van der Waals surface area contributed by atoms with Crippen molar-refractivity contribution in [3.05, 3.63) is 54.3 Å². The average Bonchev–Trinajstić information content (AvgIpc) is 2.77. The summed E-state index contributed by atoms with van der Waals surface area (Å²) in [5.74, 6) is -1.98. The molecule has 1 aliphatic heterocycles. The van der Waals surface area contributed by atoms with Crippen molar-refractivity contribution < 1.29 is 26.0 Å². The molecule has 1 aliphatic rings. The zero-order chi connectivity index (χ0) is 19.1. The van der Waals surface area contributed by atoms with Gasteiger partial charge < -0.3 is 0 Å². The normalized spacial score (nSPS) is 19.5. The molecule has 0 unspecified atom stereocenters. The molecule has 0 radical (unpaired) electrons. The number of hydrogen-bond donors (Lipinski definition) is 1. The summed E-state index contributed by atoms with van der Waals surface area (Å²) in [5, 5.41) is 0. The van der Waals surface area contributed by atoms with Crippen LogP contribution in [0.5, 0.6) is 0 Å². The van der Waals surface area contributed by atoms with Gasteiger partial charge in [-0.3, -0.25) is 9.52 Å². The van der Waals surface area contributed by atoms with Crippen LogP contribution in [-0.4, -0.2) is 28.5 Å². The number of carbonyl (C=O) groups excluding carboxylic acids is 1. The van der Waals surface area contributed by atoms with Gasteiger partial charge in [0.15, 0.2) is 0 Å². The standard InChI is InChI=1S/C16H15FN2O5S2/c1-11-10-25(21,22)19(16(11)20)14-6-8-15(9-7-14)26(23,24)18-13-4-2-12(17)3-5-13/h2-9,11,18H,10H2,1H3/t11-/m1/s1. The lowest BCUT2D eigenvalue weighted by Crippen LogP contribution is -2.30. The molecule has 1 atom stereocenters. The number of nitrogens with one attached hydrogen (secondary N) is 1. The molecular formula is C16H15FN2O5S2. The molecule has 1 saturated heterocycles. The molecule has 1 heterocycles. The lowest BCUT2D eigenvalue weighted by Gasteiger charge is -2.16. The topological polar surface area (TPSA) is 101 Å². The van der Waals surface area contributed by atoms with E-state index in [9.17, 15) is 26.0 Å². The van der Waals surface area contributed by atoms with Crippen LogP contribution in [0.25, 0.3) is 0 Å². The zero-order valence-electron chi connectivity index (χ0n) is 13.6.